The van der Waals surface area contributed by atoms with Crippen LogP contribution in [0.5, 0.6) is 0 Å². The van der Waals surface area contributed by atoms with Crippen LogP contribution in [0.15, 0.2) is 0 Å². The zero-order valence-electron chi connectivity index (χ0n) is 6.72. The fourth-order valence-corrected chi connectivity index (χ4v) is 0.578. The van der Waals surface area contributed by atoms with Gasteiger partial charge in [-0.2, -0.15) is 26.3 Å². The molecule has 0 aromatic carbocycles. The number of nitrogens with zero attached hydrogens (tertiary/aromatic N) is 5. The first-order valence-electron chi connectivity index (χ1n) is 3.06. The second-order valence-corrected chi connectivity index (χ2v) is 2.13. The molecule has 0 radical (unpaired) electrons. The summed E-state index contributed by atoms with van der Waals surface area (Å²) in [6.45, 7) is 0. The molecule has 0 rings (SSSR count). The summed E-state index contributed by atoms with van der Waals surface area (Å²) < 4.78 is 4.09. The molecule has 66 valence electrons. The van der Waals surface area contributed by atoms with E-state index in [4.69, 9.17) is 32.0 Å². The summed E-state index contributed by atoms with van der Waals surface area (Å²) in [4.78, 5) is 0. The molecule has 0 aliphatic rings. The van der Waals surface area contributed by atoms with Gasteiger partial charge in [-0.1, -0.05) is 0 Å². The van der Waals surface area contributed by atoms with Crippen molar-refractivity contribution in [3.05, 3.63) is 0 Å². The van der Waals surface area contributed by atoms with Crippen molar-refractivity contribution in [2.45, 2.75) is 11.1 Å². The van der Waals surface area contributed by atoms with Crippen LogP contribution in [0.3, 0.4) is 0 Å². The minimum Gasteiger partial charge on any atom is -0.385 e. The Morgan fingerprint density at radius 2 is 1.29 bits per heavy atom. The van der Waals surface area contributed by atoms with E-state index in [1.54, 1.807) is 0 Å². The van der Waals surface area contributed by atoms with Crippen LogP contribution < -0.4 is 5.73 Å². The third-order valence-corrected chi connectivity index (χ3v) is 1.42. The summed E-state index contributed by atoms with van der Waals surface area (Å²) in [5, 5.41) is 42.4. The zero-order valence-corrected chi connectivity index (χ0v) is 6.72. The molecule has 0 atom stereocenters. The lowest BCUT2D eigenvalue weighted by Gasteiger charge is -2.23. The van der Waals surface area contributed by atoms with Crippen LogP contribution in [-0.4, -0.2) is 11.1 Å². The predicted molar refractivity (Wildman–Crippen MR) is 38.8 cm³/mol. The van der Waals surface area contributed by atoms with Crippen molar-refractivity contribution < 1.29 is 4.74 Å². The van der Waals surface area contributed by atoms with Gasteiger partial charge in [0.15, 0.2) is 0 Å². The Balaban J connectivity index is 5.64. The van der Waals surface area contributed by atoms with E-state index in [0.717, 1.165) is 6.26 Å². The zero-order chi connectivity index (χ0) is 11.2. The quantitative estimate of drug-likeness (QED) is 0.543. The molecule has 0 heterocycles. The predicted octanol–water partition coefficient (Wildman–Crippen LogP) is -0.985. The van der Waals surface area contributed by atoms with E-state index in [0.29, 0.717) is 0 Å². The molecule has 0 unspecified atom stereocenters. The fourth-order valence-electron chi connectivity index (χ4n) is 0.578. The van der Waals surface area contributed by atoms with E-state index in [1.165, 1.54) is 24.3 Å². The van der Waals surface area contributed by atoms with Crippen LogP contribution >= 0.6 is 0 Å². The van der Waals surface area contributed by atoms with Crippen molar-refractivity contribution >= 4 is 0 Å². The molecule has 0 saturated heterocycles. The third-order valence-electron chi connectivity index (χ3n) is 1.42. The molecular weight excluding hydrogens is 184 g/mol. The normalized spacial score (nSPS) is 9.43. The summed E-state index contributed by atoms with van der Waals surface area (Å²) in [5.41, 5.74) is 0.0260. The molecule has 0 aliphatic heterocycles. The molecule has 0 aromatic rings. The van der Waals surface area contributed by atoms with Crippen LogP contribution in [0.2, 0.25) is 0 Å². The molecule has 0 fully saturated rings. The largest absolute Gasteiger partial charge is 0.385 e. The van der Waals surface area contributed by atoms with E-state index in [1.807, 2.05) is 0 Å². The lowest BCUT2D eigenvalue weighted by Crippen LogP contribution is -2.58. The van der Waals surface area contributed by atoms with Crippen LogP contribution in [-0.2, 0) is 4.74 Å². The number of ether oxygens (including phenoxy) is 1. The van der Waals surface area contributed by atoms with Crippen molar-refractivity contribution in [3.63, 3.8) is 0 Å². The second kappa shape index (κ2) is 3.74. The van der Waals surface area contributed by atoms with Gasteiger partial charge < -0.3 is 4.74 Å². The molecular formula is C7H2N6O. The maximum atomic E-state index is 8.57. The summed E-state index contributed by atoms with van der Waals surface area (Å²) in [6, 6.07) is 4.97. The molecule has 0 saturated carbocycles. The Morgan fingerprint density at radius 1 is 0.857 bits per heavy atom. The van der Waals surface area contributed by atoms with Gasteiger partial charge in [0.1, 0.15) is 24.3 Å². The first kappa shape index (κ1) is 11.2. The number of nitrogens with two attached hydrogens (primary N) is 1. The Hall–Kier alpha value is -2.79. The van der Waals surface area contributed by atoms with Crippen LogP contribution in [0.1, 0.15) is 0 Å². The summed E-state index contributed by atoms with van der Waals surface area (Å²) in [5.74, 6) is 0. The molecule has 0 aromatic heterocycles. The SMILES string of the molecule is N#COC(C#N)(C#N)C(N)(C#N)C#N. The van der Waals surface area contributed by atoms with E-state index in [2.05, 4.69) is 4.74 Å². The minimum atomic E-state index is -2.61. The Labute approximate surface area is 79.3 Å². The van der Waals surface area contributed by atoms with Gasteiger partial charge in [-0.15, -0.1) is 0 Å². The summed E-state index contributed by atoms with van der Waals surface area (Å²) in [6.07, 6.45) is 1.06. The number of hydrogen-bond donors (Lipinski definition) is 1. The highest BCUT2D eigenvalue weighted by atomic mass is 16.5. The van der Waals surface area contributed by atoms with Gasteiger partial charge in [0.05, 0.1) is 0 Å². The van der Waals surface area contributed by atoms with E-state index in [9.17, 15) is 0 Å². The van der Waals surface area contributed by atoms with Crippen molar-refractivity contribution in [2.24, 2.45) is 5.73 Å². The third kappa shape index (κ3) is 1.26. The van der Waals surface area contributed by atoms with Gasteiger partial charge in [-0.3, -0.25) is 5.73 Å². The maximum absolute atomic E-state index is 8.57. The average Bonchev–Trinajstić information content (AvgIpc) is 2.24. The van der Waals surface area contributed by atoms with Crippen LogP contribution in [0.4, 0.5) is 0 Å². The first-order valence-corrected chi connectivity index (χ1v) is 3.06. The summed E-state index contributed by atoms with van der Waals surface area (Å²) in [7, 11) is 0. The average molecular weight is 186 g/mol. The van der Waals surface area contributed by atoms with Crippen molar-refractivity contribution in [2.75, 3.05) is 0 Å². The fraction of sp³-hybridized carbons (Fsp3) is 0.286. The number of hydrogen-bond acceptors (Lipinski definition) is 7. The van der Waals surface area contributed by atoms with Gasteiger partial charge in [0.25, 0.3) is 11.8 Å². The van der Waals surface area contributed by atoms with Crippen molar-refractivity contribution in [1.82, 2.24) is 0 Å². The lowest BCUT2D eigenvalue weighted by molar-refractivity contribution is 0.110. The Kier molecular flexibility index (Phi) is 3.00. The van der Waals surface area contributed by atoms with Crippen molar-refractivity contribution in [3.8, 4) is 30.5 Å². The van der Waals surface area contributed by atoms with Crippen molar-refractivity contribution in [1.29, 1.82) is 26.3 Å². The standard InChI is InChI=1S/C7H2N6O/c8-1-6(13,2-9)7(3-10,4-11)14-5-12/h13H2. The van der Waals surface area contributed by atoms with E-state index < -0.39 is 11.1 Å². The van der Waals surface area contributed by atoms with Gasteiger partial charge >= 0.3 is 5.60 Å². The highest BCUT2D eigenvalue weighted by Crippen LogP contribution is 2.22. The smallest absolute Gasteiger partial charge is 0.335 e. The second-order valence-electron chi connectivity index (χ2n) is 2.13. The van der Waals surface area contributed by atoms with Crippen LogP contribution in [0.25, 0.3) is 0 Å². The van der Waals surface area contributed by atoms with Gasteiger partial charge in [-0.25, -0.2) is 0 Å². The molecule has 2 N–H and O–H groups in total. The van der Waals surface area contributed by atoms with Crippen LogP contribution in [0, 0.1) is 56.8 Å². The molecule has 0 bridgehead atoms. The van der Waals surface area contributed by atoms with Gasteiger partial charge in [0, 0.05) is 0 Å². The van der Waals surface area contributed by atoms with Gasteiger partial charge in [0.2, 0.25) is 0 Å². The molecule has 14 heavy (non-hydrogen) atoms. The Bertz CT molecular complexity index is 405. The molecule has 0 aliphatic carbocycles. The highest BCUT2D eigenvalue weighted by molar-refractivity contribution is 5.42. The minimum absolute atomic E-state index is 1.06. The maximum Gasteiger partial charge on any atom is 0.335 e. The first-order chi connectivity index (χ1) is 6.55. The summed E-state index contributed by atoms with van der Waals surface area (Å²) >= 11 is 0. The number of rotatable bonds is 2. The molecule has 0 spiro atoms. The molecule has 0 amide bonds. The Morgan fingerprint density at radius 3 is 1.50 bits per heavy atom. The van der Waals surface area contributed by atoms with E-state index >= 15 is 0 Å². The van der Waals surface area contributed by atoms with E-state index in [-0.39, 0.29) is 0 Å². The monoisotopic (exact) mass is 186 g/mol. The number of nitriles is 5. The van der Waals surface area contributed by atoms with Gasteiger partial charge in [-0.05, 0) is 0 Å². The molecule has 7 nitrogen and oxygen atoms in total. The molecule has 7 heteroatoms. The topological polar surface area (TPSA) is 154 Å². The lowest BCUT2D eigenvalue weighted by atomic mass is 9.85. The highest BCUT2D eigenvalue weighted by Gasteiger charge is 2.55.